The number of carbonyl (C=O) groups is 1. The second-order valence-electron chi connectivity index (χ2n) is 8.70. The summed E-state index contributed by atoms with van der Waals surface area (Å²) < 4.78 is 0. The number of carbonyl (C=O) groups excluding carboxylic acids is 1. The highest BCUT2D eigenvalue weighted by atomic mass is 32.1. The first-order valence-electron chi connectivity index (χ1n) is 10.8. The van der Waals surface area contributed by atoms with E-state index in [1.807, 2.05) is 14.1 Å². The zero-order chi connectivity index (χ0) is 19.1. The molecule has 0 unspecified atom stereocenters. The predicted molar refractivity (Wildman–Crippen MR) is 114 cm³/mol. The molecule has 152 valence electrons. The quantitative estimate of drug-likeness (QED) is 0.689. The molecule has 5 heteroatoms. The van der Waals surface area contributed by atoms with Crippen LogP contribution in [-0.4, -0.2) is 56.0 Å². The van der Waals surface area contributed by atoms with Crippen molar-refractivity contribution in [2.24, 2.45) is 5.92 Å². The molecule has 4 nitrogen and oxygen atoms in total. The summed E-state index contributed by atoms with van der Waals surface area (Å²) >= 11 is 2.05. The number of piperidine rings is 1. The van der Waals surface area contributed by atoms with Gasteiger partial charge in [0.15, 0.2) is 0 Å². The lowest BCUT2D eigenvalue weighted by atomic mass is 9.92. The van der Waals surface area contributed by atoms with E-state index >= 15 is 0 Å². The third-order valence-electron chi connectivity index (χ3n) is 6.19. The number of nitrogens with one attached hydrogen (secondary N) is 1. The van der Waals surface area contributed by atoms with Crippen LogP contribution >= 0.6 is 11.3 Å². The second kappa shape index (κ2) is 10.6. The van der Waals surface area contributed by atoms with E-state index < -0.39 is 0 Å². The van der Waals surface area contributed by atoms with Gasteiger partial charge in [-0.3, -0.25) is 9.69 Å². The molecule has 1 amide bonds. The summed E-state index contributed by atoms with van der Waals surface area (Å²) in [5, 5.41) is 3.03. The summed E-state index contributed by atoms with van der Waals surface area (Å²) in [6, 6.07) is 4.75. The maximum atomic E-state index is 11.9. The van der Waals surface area contributed by atoms with Gasteiger partial charge >= 0.3 is 0 Å². The molecular weight excluding hydrogens is 354 g/mol. The Morgan fingerprint density at radius 2 is 1.93 bits per heavy atom. The molecule has 1 N–H and O–H groups in total. The summed E-state index contributed by atoms with van der Waals surface area (Å²) in [6.45, 7) is 5.16. The topological polar surface area (TPSA) is 35.6 Å². The van der Waals surface area contributed by atoms with Crippen molar-refractivity contribution in [2.75, 3.05) is 40.3 Å². The fourth-order valence-corrected chi connectivity index (χ4v) is 5.63. The number of hydrogen-bond donors (Lipinski definition) is 1. The SMILES string of the molecule is CN(C)CCNC(=O)CCC1CCN(Cc2ccc(C3CCCC3)s2)CC1. The van der Waals surface area contributed by atoms with Crippen LogP contribution in [0.4, 0.5) is 0 Å². The molecular formula is C22H37N3OS. The van der Waals surface area contributed by atoms with Crippen LogP contribution in [0.15, 0.2) is 12.1 Å². The molecule has 0 atom stereocenters. The fraction of sp³-hybridized carbons (Fsp3) is 0.773. The van der Waals surface area contributed by atoms with Gasteiger partial charge in [-0.15, -0.1) is 11.3 Å². The molecule has 0 bridgehead atoms. The van der Waals surface area contributed by atoms with Crippen molar-refractivity contribution in [1.82, 2.24) is 15.1 Å². The van der Waals surface area contributed by atoms with E-state index in [9.17, 15) is 4.79 Å². The third-order valence-corrected chi connectivity index (χ3v) is 7.42. The standard InChI is InChI=1S/C22H37N3OS/c1-24(2)16-13-23-22(26)10-7-18-11-14-25(15-12-18)17-20-8-9-21(27-20)19-5-3-4-6-19/h8-9,18-19H,3-7,10-17H2,1-2H3,(H,23,26). The van der Waals surface area contributed by atoms with Gasteiger partial charge in [0.25, 0.3) is 0 Å². The molecule has 0 radical (unpaired) electrons. The molecule has 1 aromatic heterocycles. The first kappa shape index (κ1) is 20.8. The summed E-state index contributed by atoms with van der Waals surface area (Å²) in [7, 11) is 4.07. The minimum Gasteiger partial charge on any atom is -0.355 e. The lowest BCUT2D eigenvalue weighted by Crippen LogP contribution is -2.34. The molecule has 1 aliphatic carbocycles. The van der Waals surface area contributed by atoms with Gasteiger partial charge in [0.2, 0.25) is 5.91 Å². The minimum absolute atomic E-state index is 0.220. The Morgan fingerprint density at radius 3 is 2.63 bits per heavy atom. The van der Waals surface area contributed by atoms with Crippen LogP contribution in [0.1, 0.15) is 67.0 Å². The van der Waals surface area contributed by atoms with Crippen molar-refractivity contribution in [3.63, 3.8) is 0 Å². The van der Waals surface area contributed by atoms with Crippen LogP contribution in [0.25, 0.3) is 0 Å². The minimum atomic E-state index is 0.220. The van der Waals surface area contributed by atoms with Gasteiger partial charge < -0.3 is 10.2 Å². The van der Waals surface area contributed by atoms with E-state index in [0.29, 0.717) is 6.42 Å². The Balaban J connectivity index is 1.31. The molecule has 1 saturated carbocycles. The number of nitrogens with zero attached hydrogens (tertiary/aromatic N) is 2. The van der Waals surface area contributed by atoms with E-state index in [0.717, 1.165) is 37.9 Å². The third kappa shape index (κ3) is 6.88. The molecule has 1 aromatic rings. The molecule has 1 aliphatic heterocycles. The molecule has 2 heterocycles. The Kier molecular flexibility index (Phi) is 8.16. The Labute approximate surface area is 169 Å². The van der Waals surface area contributed by atoms with Gasteiger partial charge in [0, 0.05) is 35.8 Å². The largest absolute Gasteiger partial charge is 0.355 e. The van der Waals surface area contributed by atoms with Crippen LogP contribution in [0.3, 0.4) is 0 Å². The number of likely N-dealkylation sites (tertiary alicyclic amines) is 1. The first-order chi connectivity index (χ1) is 13.1. The lowest BCUT2D eigenvalue weighted by Gasteiger charge is -2.31. The molecule has 27 heavy (non-hydrogen) atoms. The highest BCUT2D eigenvalue weighted by molar-refractivity contribution is 7.12. The maximum absolute atomic E-state index is 11.9. The summed E-state index contributed by atoms with van der Waals surface area (Å²) in [6.07, 6.45) is 9.85. The fourth-order valence-electron chi connectivity index (χ4n) is 4.41. The van der Waals surface area contributed by atoms with Crippen molar-refractivity contribution < 1.29 is 4.79 Å². The van der Waals surface area contributed by atoms with E-state index in [1.54, 1.807) is 4.88 Å². The van der Waals surface area contributed by atoms with Gasteiger partial charge in [-0.1, -0.05) is 12.8 Å². The van der Waals surface area contributed by atoms with Crippen molar-refractivity contribution in [3.05, 3.63) is 21.9 Å². The normalized spacial score (nSPS) is 19.8. The van der Waals surface area contributed by atoms with Crippen molar-refractivity contribution in [2.45, 2.75) is 63.8 Å². The van der Waals surface area contributed by atoms with Crippen molar-refractivity contribution in [1.29, 1.82) is 0 Å². The van der Waals surface area contributed by atoms with Gasteiger partial charge in [0.1, 0.15) is 0 Å². The van der Waals surface area contributed by atoms with Crippen molar-refractivity contribution >= 4 is 17.2 Å². The number of thiophene rings is 1. The van der Waals surface area contributed by atoms with Crippen LogP contribution in [0, 0.1) is 5.92 Å². The highest BCUT2D eigenvalue weighted by Crippen LogP contribution is 2.38. The highest BCUT2D eigenvalue weighted by Gasteiger charge is 2.22. The summed E-state index contributed by atoms with van der Waals surface area (Å²) in [4.78, 5) is 19.8. The van der Waals surface area contributed by atoms with Crippen LogP contribution in [0.2, 0.25) is 0 Å². The molecule has 1 saturated heterocycles. The number of likely N-dealkylation sites (N-methyl/N-ethyl adjacent to an activating group) is 1. The predicted octanol–water partition coefficient (Wildman–Crippen LogP) is 4.08. The smallest absolute Gasteiger partial charge is 0.220 e. The Bertz CT molecular complexity index is 572. The van der Waals surface area contributed by atoms with Crippen LogP contribution in [-0.2, 0) is 11.3 Å². The molecule has 0 spiro atoms. The van der Waals surface area contributed by atoms with E-state index in [-0.39, 0.29) is 5.91 Å². The average Bonchev–Trinajstić information content (AvgIpc) is 3.32. The summed E-state index contributed by atoms with van der Waals surface area (Å²) in [5.41, 5.74) is 0. The number of rotatable bonds is 9. The van der Waals surface area contributed by atoms with Gasteiger partial charge in [-0.05, 0) is 83.3 Å². The van der Waals surface area contributed by atoms with Crippen LogP contribution in [0.5, 0.6) is 0 Å². The zero-order valence-corrected chi connectivity index (χ0v) is 18.0. The molecule has 0 aromatic carbocycles. The zero-order valence-electron chi connectivity index (χ0n) is 17.2. The van der Waals surface area contributed by atoms with E-state index in [4.69, 9.17) is 0 Å². The molecule has 2 aliphatic rings. The van der Waals surface area contributed by atoms with Gasteiger partial charge in [0.05, 0.1) is 0 Å². The van der Waals surface area contributed by atoms with Crippen LogP contribution < -0.4 is 5.32 Å². The van der Waals surface area contributed by atoms with Gasteiger partial charge in [-0.25, -0.2) is 0 Å². The van der Waals surface area contributed by atoms with E-state index in [1.165, 1.54) is 56.5 Å². The molecule has 3 rings (SSSR count). The number of amides is 1. The first-order valence-corrected chi connectivity index (χ1v) is 11.6. The molecule has 2 fully saturated rings. The second-order valence-corrected chi connectivity index (χ2v) is 9.90. The Morgan fingerprint density at radius 1 is 1.19 bits per heavy atom. The van der Waals surface area contributed by atoms with E-state index in [2.05, 4.69) is 38.6 Å². The number of hydrogen-bond acceptors (Lipinski definition) is 4. The van der Waals surface area contributed by atoms with Gasteiger partial charge in [-0.2, -0.15) is 0 Å². The average molecular weight is 392 g/mol. The Hall–Kier alpha value is -0.910. The summed E-state index contributed by atoms with van der Waals surface area (Å²) in [5.74, 6) is 1.79. The monoisotopic (exact) mass is 391 g/mol. The van der Waals surface area contributed by atoms with Crippen molar-refractivity contribution in [3.8, 4) is 0 Å². The lowest BCUT2D eigenvalue weighted by molar-refractivity contribution is -0.121. The maximum Gasteiger partial charge on any atom is 0.220 e.